The Hall–Kier alpha value is -2.60. The summed E-state index contributed by atoms with van der Waals surface area (Å²) in [7, 11) is 1.64. The number of nitrogens with zero attached hydrogens (tertiary/aromatic N) is 2. The van der Waals surface area contributed by atoms with E-state index in [-0.39, 0.29) is 5.41 Å². The number of carbonyl (C=O) groups is 1. The highest BCUT2D eigenvalue weighted by Gasteiger charge is 2.35. The van der Waals surface area contributed by atoms with E-state index >= 15 is 0 Å². The van der Waals surface area contributed by atoms with Gasteiger partial charge in [0.2, 0.25) is 0 Å². The van der Waals surface area contributed by atoms with Gasteiger partial charge in [0.05, 0.1) is 18.4 Å². The van der Waals surface area contributed by atoms with Crippen LogP contribution >= 0.6 is 0 Å². The van der Waals surface area contributed by atoms with E-state index in [9.17, 15) is 9.90 Å². The number of hydrogen-bond donors (Lipinski definition) is 1. The molecule has 3 rings (SSSR count). The van der Waals surface area contributed by atoms with Crippen molar-refractivity contribution in [3.8, 4) is 16.9 Å². The molecule has 32 heavy (non-hydrogen) atoms. The molecule has 1 atom stereocenters. The largest absolute Gasteiger partial charge is 0.497 e. The molecule has 0 amide bonds. The molecule has 2 aromatic rings. The monoisotopic (exact) mass is 440 g/mol. The van der Waals surface area contributed by atoms with Crippen molar-refractivity contribution in [1.29, 1.82) is 0 Å². The second-order valence-electron chi connectivity index (χ2n) is 10.3. The van der Waals surface area contributed by atoms with Crippen molar-refractivity contribution in [1.82, 2.24) is 4.98 Å². The van der Waals surface area contributed by atoms with Crippen molar-refractivity contribution in [2.45, 2.75) is 66.1 Å². The number of piperidine rings is 1. The lowest BCUT2D eigenvalue weighted by atomic mass is 9.82. The maximum atomic E-state index is 12.4. The van der Waals surface area contributed by atoms with Gasteiger partial charge in [0.25, 0.3) is 0 Å². The Labute approximate surface area is 191 Å². The van der Waals surface area contributed by atoms with Crippen molar-refractivity contribution in [3.05, 3.63) is 41.7 Å². The molecule has 0 saturated carbocycles. The van der Waals surface area contributed by atoms with Crippen LogP contribution in [0.1, 0.15) is 64.8 Å². The summed E-state index contributed by atoms with van der Waals surface area (Å²) in [6.07, 6.45) is 2.82. The maximum absolute atomic E-state index is 12.4. The van der Waals surface area contributed by atoms with Crippen molar-refractivity contribution < 1.29 is 19.4 Å². The first-order valence-corrected chi connectivity index (χ1v) is 11.2. The van der Waals surface area contributed by atoms with E-state index in [1.807, 2.05) is 58.2 Å². The van der Waals surface area contributed by atoms with E-state index in [0.717, 1.165) is 48.5 Å². The fraction of sp³-hybridized carbons (Fsp3) is 0.538. The predicted molar refractivity (Wildman–Crippen MR) is 127 cm³/mol. The number of carboxylic acids is 1. The van der Waals surface area contributed by atoms with Gasteiger partial charge in [-0.2, -0.15) is 0 Å². The van der Waals surface area contributed by atoms with Crippen LogP contribution in [0, 0.1) is 12.3 Å². The lowest BCUT2D eigenvalue weighted by Crippen LogP contribution is -2.39. The number of aryl methyl sites for hydroxylation is 1. The van der Waals surface area contributed by atoms with Crippen LogP contribution in [0.3, 0.4) is 0 Å². The SMILES string of the molecule is COc1ccc(-c2cnc(C)c(C(OC(C)(C)C)C(=O)O)c2N2CCC(C)(C)CC2)cc1. The van der Waals surface area contributed by atoms with Crippen molar-refractivity contribution in [2.75, 3.05) is 25.1 Å². The topological polar surface area (TPSA) is 71.9 Å². The quantitative estimate of drug-likeness (QED) is 0.627. The molecule has 2 heterocycles. The van der Waals surface area contributed by atoms with E-state index < -0.39 is 17.7 Å². The number of anilines is 1. The highest BCUT2D eigenvalue weighted by Crippen LogP contribution is 2.43. The third-order valence-electron chi connectivity index (χ3n) is 6.08. The molecular formula is C26H36N2O4. The highest BCUT2D eigenvalue weighted by atomic mass is 16.5. The molecular weight excluding hydrogens is 404 g/mol. The number of aliphatic carboxylic acids is 1. The molecule has 0 bridgehead atoms. The second kappa shape index (κ2) is 9.10. The third kappa shape index (κ3) is 5.41. The van der Waals surface area contributed by atoms with Crippen LogP contribution < -0.4 is 9.64 Å². The van der Waals surface area contributed by atoms with Crippen LogP contribution in [0.15, 0.2) is 30.5 Å². The normalized spacial score (nSPS) is 17.2. The summed E-state index contributed by atoms with van der Waals surface area (Å²) in [6, 6.07) is 7.82. The number of rotatable bonds is 6. The molecule has 0 spiro atoms. The van der Waals surface area contributed by atoms with Crippen molar-refractivity contribution >= 4 is 11.7 Å². The Morgan fingerprint density at radius 3 is 2.25 bits per heavy atom. The van der Waals surface area contributed by atoms with Gasteiger partial charge in [-0.1, -0.05) is 26.0 Å². The van der Waals surface area contributed by atoms with E-state index in [1.165, 1.54) is 0 Å². The molecule has 0 radical (unpaired) electrons. The molecule has 1 fully saturated rings. The number of aromatic nitrogens is 1. The number of hydrogen-bond acceptors (Lipinski definition) is 5. The lowest BCUT2D eigenvalue weighted by molar-refractivity contribution is -0.160. The first kappa shape index (κ1) is 24.1. The minimum Gasteiger partial charge on any atom is -0.497 e. The van der Waals surface area contributed by atoms with Crippen molar-refractivity contribution in [3.63, 3.8) is 0 Å². The van der Waals surface area contributed by atoms with Crippen molar-refractivity contribution in [2.24, 2.45) is 5.41 Å². The standard InChI is InChI=1S/C26H36N2O4/c1-17-21(23(24(29)30)32-25(2,3)4)22(28-14-12-26(5,6)13-15-28)20(16-27-17)18-8-10-19(31-7)11-9-18/h8-11,16,23H,12-15H2,1-7H3,(H,29,30). The van der Waals surface area contributed by atoms with E-state index in [4.69, 9.17) is 9.47 Å². The smallest absolute Gasteiger partial charge is 0.337 e. The lowest BCUT2D eigenvalue weighted by Gasteiger charge is -2.41. The number of carboxylic acid groups (broad SMARTS) is 1. The van der Waals surface area contributed by atoms with E-state index in [0.29, 0.717) is 11.3 Å². The molecule has 6 nitrogen and oxygen atoms in total. The molecule has 174 valence electrons. The summed E-state index contributed by atoms with van der Waals surface area (Å²) >= 11 is 0. The minimum absolute atomic E-state index is 0.271. The number of methoxy groups -OCH3 is 1. The summed E-state index contributed by atoms with van der Waals surface area (Å²) in [4.78, 5) is 19.3. The van der Waals surface area contributed by atoms with Gasteiger partial charge in [-0.05, 0) is 63.6 Å². The average Bonchev–Trinajstić information content (AvgIpc) is 2.71. The summed E-state index contributed by atoms with van der Waals surface area (Å²) in [6.45, 7) is 13.8. The van der Waals surface area contributed by atoms with Gasteiger partial charge >= 0.3 is 5.97 Å². The fourth-order valence-electron chi connectivity index (χ4n) is 4.17. The van der Waals surface area contributed by atoms with E-state index in [1.54, 1.807) is 7.11 Å². The van der Waals surface area contributed by atoms with Gasteiger partial charge in [-0.15, -0.1) is 0 Å². The molecule has 1 unspecified atom stereocenters. The average molecular weight is 441 g/mol. The van der Waals surface area contributed by atoms with Crippen LogP contribution in [0.25, 0.3) is 11.1 Å². The minimum atomic E-state index is -1.11. The van der Waals surface area contributed by atoms with Gasteiger partial charge in [0.15, 0.2) is 6.10 Å². The Morgan fingerprint density at radius 2 is 1.75 bits per heavy atom. The third-order valence-corrected chi connectivity index (χ3v) is 6.08. The van der Waals surface area contributed by atoms with Crippen LogP contribution in [0.2, 0.25) is 0 Å². The van der Waals surface area contributed by atoms with Crippen LogP contribution in [-0.4, -0.2) is 41.9 Å². The fourth-order valence-corrected chi connectivity index (χ4v) is 4.17. The summed E-state index contributed by atoms with van der Waals surface area (Å²) in [5.74, 6) is -0.231. The molecule has 1 aromatic heterocycles. The Kier molecular flexibility index (Phi) is 6.84. The van der Waals surface area contributed by atoms with Gasteiger partial charge < -0.3 is 19.5 Å². The molecule has 0 aliphatic carbocycles. The maximum Gasteiger partial charge on any atom is 0.337 e. The van der Waals surface area contributed by atoms with Gasteiger partial charge in [0.1, 0.15) is 5.75 Å². The van der Waals surface area contributed by atoms with Gasteiger partial charge in [0, 0.05) is 36.1 Å². The summed E-state index contributed by atoms with van der Waals surface area (Å²) < 4.78 is 11.4. The molecule has 1 aromatic carbocycles. The molecule has 1 aliphatic rings. The van der Waals surface area contributed by atoms with Gasteiger partial charge in [-0.25, -0.2) is 4.79 Å². The molecule has 1 N–H and O–H groups in total. The molecule has 6 heteroatoms. The number of benzene rings is 1. The van der Waals surface area contributed by atoms with Gasteiger partial charge in [-0.3, -0.25) is 4.98 Å². The summed E-state index contributed by atoms with van der Waals surface area (Å²) in [5.41, 5.74) is 3.77. The first-order valence-electron chi connectivity index (χ1n) is 11.2. The zero-order valence-corrected chi connectivity index (χ0v) is 20.4. The first-order chi connectivity index (χ1) is 14.9. The van der Waals surface area contributed by atoms with Crippen LogP contribution in [-0.2, 0) is 9.53 Å². The zero-order chi connectivity index (χ0) is 23.7. The second-order valence-corrected chi connectivity index (χ2v) is 10.3. The zero-order valence-electron chi connectivity index (χ0n) is 20.4. The van der Waals surface area contributed by atoms with Crippen LogP contribution in [0.5, 0.6) is 5.75 Å². The van der Waals surface area contributed by atoms with E-state index in [2.05, 4.69) is 23.7 Å². The molecule has 1 saturated heterocycles. The highest BCUT2D eigenvalue weighted by molar-refractivity contribution is 5.86. The Balaban J connectivity index is 2.21. The van der Waals surface area contributed by atoms with Crippen LogP contribution in [0.4, 0.5) is 5.69 Å². The predicted octanol–water partition coefficient (Wildman–Crippen LogP) is 5.63. The molecule has 1 aliphatic heterocycles. The Bertz CT molecular complexity index is 951. The number of pyridine rings is 1. The number of ether oxygens (including phenoxy) is 2. The Morgan fingerprint density at radius 1 is 1.16 bits per heavy atom. The summed E-state index contributed by atoms with van der Waals surface area (Å²) in [5, 5.41) is 10.2.